The second kappa shape index (κ2) is 7.65. The second-order valence-electron chi connectivity index (χ2n) is 7.71. The van der Waals surface area contributed by atoms with Crippen LogP contribution in [0.25, 0.3) is 16.6 Å². The van der Waals surface area contributed by atoms with E-state index in [9.17, 15) is 9.59 Å². The Balaban J connectivity index is 1.50. The number of fused-ring (bicyclic) bond motifs is 1. The van der Waals surface area contributed by atoms with E-state index in [1.165, 1.54) is 25.0 Å². The fourth-order valence-electron chi connectivity index (χ4n) is 3.52. The molecule has 162 valence electrons. The van der Waals surface area contributed by atoms with Crippen LogP contribution in [-0.4, -0.2) is 19.7 Å². The normalized spacial score (nSPS) is 13.5. The van der Waals surface area contributed by atoms with Crippen molar-refractivity contribution in [3.63, 3.8) is 0 Å². The summed E-state index contributed by atoms with van der Waals surface area (Å²) >= 11 is 12.8. The van der Waals surface area contributed by atoms with Gasteiger partial charge in [-0.05, 0) is 61.7 Å². The van der Waals surface area contributed by atoms with Gasteiger partial charge in [0, 0.05) is 17.0 Å². The van der Waals surface area contributed by atoms with Gasteiger partial charge in [-0.3, -0.25) is 14.8 Å². The van der Waals surface area contributed by atoms with Crippen LogP contribution in [0, 0.1) is 6.92 Å². The van der Waals surface area contributed by atoms with Crippen LogP contribution in [0.5, 0.6) is 11.5 Å². The number of ether oxygens (including phenoxy) is 1. The summed E-state index contributed by atoms with van der Waals surface area (Å²) in [5, 5.41) is 5.08. The number of pyridine rings is 1. The third-order valence-electron chi connectivity index (χ3n) is 5.30. The van der Waals surface area contributed by atoms with Crippen molar-refractivity contribution in [3.05, 3.63) is 78.5 Å². The summed E-state index contributed by atoms with van der Waals surface area (Å²) in [6, 6.07) is 10.6. The van der Waals surface area contributed by atoms with Crippen molar-refractivity contribution in [1.82, 2.24) is 19.7 Å². The summed E-state index contributed by atoms with van der Waals surface area (Å²) in [4.78, 5) is 30.4. The summed E-state index contributed by atoms with van der Waals surface area (Å²) in [6.45, 7) is 2.05. The molecule has 32 heavy (non-hydrogen) atoms. The smallest absolute Gasteiger partial charge is 0.349 e. The Bertz CT molecular complexity index is 1490. The topological polar surface area (TPSA) is 116 Å². The Hall–Kier alpha value is -3.36. The molecule has 0 saturated heterocycles. The molecule has 3 N–H and O–H groups in total. The van der Waals surface area contributed by atoms with Crippen molar-refractivity contribution in [2.24, 2.45) is 0 Å². The molecule has 0 spiro atoms. The van der Waals surface area contributed by atoms with Crippen LogP contribution in [0.4, 0.5) is 5.82 Å². The third-order valence-corrected chi connectivity index (χ3v) is 5.86. The standard InChI is InChI=1S/C22H17Cl2N5O3/c1-10-6-18(11-2-3-11)26-17-5-4-13(9-14(10)17)32-19-15(23)7-12(8-16(19)24)29-22(31)27-21(30)20(25)28-29/h4-9,11H,2-3H2,1H3,(H2,25,28)(H,27,30,31). The van der Waals surface area contributed by atoms with Crippen molar-refractivity contribution < 1.29 is 4.74 Å². The first-order valence-electron chi connectivity index (χ1n) is 9.88. The maximum Gasteiger partial charge on any atom is 0.349 e. The SMILES string of the molecule is Cc1cc(C2CC2)nc2ccc(Oc3c(Cl)cc(-n4nc(N)c(=O)[nH]c4=O)cc3Cl)cc12. The summed E-state index contributed by atoms with van der Waals surface area (Å²) in [5.74, 6) is 0.982. The fourth-order valence-corrected chi connectivity index (χ4v) is 4.08. The molecule has 5 rings (SSSR count). The van der Waals surface area contributed by atoms with E-state index in [-0.39, 0.29) is 27.3 Å². The van der Waals surface area contributed by atoms with Crippen molar-refractivity contribution in [3.8, 4) is 17.2 Å². The number of hydrogen-bond acceptors (Lipinski definition) is 6. The van der Waals surface area contributed by atoms with Gasteiger partial charge in [0.2, 0.25) is 5.82 Å². The number of aryl methyl sites for hydroxylation is 1. The molecule has 2 heterocycles. The molecular formula is C22H17Cl2N5O3. The second-order valence-corrected chi connectivity index (χ2v) is 8.53. The molecule has 1 saturated carbocycles. The Morgan fingerprint density at radius 3 is 2.53 bits per heavy atom. The van der Waals surface area contributed by atoms with E-state index in [0.29, 0.717) is 11.7 Å². The zero-order chi connectivity index (χ0) is 22.6. The van der Waals surface area contributed by atoms with Crippen molar-refractivity contribution in [2.75, 3.05) is 5.73 Å². The van der Waals surface area contributed by atoms with Crippen molar-refractivity contribution >= 4 is 39.9 Å². The van der Waals surface area contributed by atoms with Crippen LogP contribution in [0.3, 0.4) is 0 Å². The zero-order valence-corrected chi connectivity index (χ0v) is 18.4. The number of benzene rings is 2. The lowest BCUT2D eigenvalue weighted by atomic mass is 10.1. The summed E-state index contributed by atoms with van der Waals surface area (Å²) in [7, 11) is 0. The molecule has 4 aromatic rings. The van der Waals surface area contributed by atoms with Gasteiger partial charge in [-0.2, -0.15) is 4.68 Å². The van der Waals surface area contributed by atoms with Crippen LogP contribution in [0.1, 0.15) is 30.0 Å². The van der Waals surface area contributed by atoms with Gasteiger partial charge in [0.05, 0.1) is 21.2 Å². The van der Waals surface area contributed by atoms with Gasteiger partial charge < -0.3 is 10.5 Å². The minimum Gasteiger partial charge on any atom is -0.454 e. The summed E-state index contributed by atoms with van der Waals surface area (Å²) < 4.78 is 6.88. The molecule has 1 aliphatic carbocycles. The molecule has 8 nitrogen and oxygen atoms in total. The molecule has 2 aromatic heterocycles. The molecule has 2 aromatic carbocycles. The number of anilines is 1. The van der Waals surface area contributed by atoms with E-state index < -0.39 is 11.2 Å². The van der Waals surface area contributed by atoms with Crippen LogP contribution in [0.2, 0.25) is 10.0 Å². The van der Waals surface area contributed by atoms with Gasteiger partial charge in [0.1, 0.15) is 5.75 Å². The maximum atomic E-state index is 12.1. The first-order valence-corrected chi connectivity index (χ1v) is 10.6. The van der Waals surface area contributed by atoms with Crippen LogP contribution < -0.4 is 21.7 Å². The molecule has 0 amide bonds. The Kier molecular flexibility index (Phi) is 4.91. The lowest BCUT2D eigenvalue weighted by Crippen LogP contribution is -2.33. The maximum absolute atomic E-state index is 12.1. The number of halogens is 2. The molecule has 10 heteroatoms. The summed E-state index contributed by atoms with van der Waals surface area (Å²) in [6.07, 6.45) is 2.39. The monoisotopic (exact) mass is 469 g/mol. The predicted octanol–water partition coefficient (Wildman–Crippen LogP) is 4.34. The van der Waals surface area contributed by atoms with E-state index in [0.717, 1.165) is 26.8 Å². The largest absolute Gasteiger partial charge is 0.454 e. The lowest BCUT2D eigenvalue weighted by molar-refractivity contribution is 0.483. The van der Waals surface area contributed by atoms with E-state index in [1.54, 1.807) is 6.07 Å². The first kappa shape index (κ1) is 20.5. The summed E-state index contributed by atoms with van der Waals surface area (Å²) in [5.41, 5.74) is 7.37. The molecule has 1 fully saturated rings. The number of nitrogens with one attached hydrogen (secondary N) is 1. The van der Waals surface area contributed by atoms with Crippen molar-refractivity contribution in [1.29, 1.82) is 0 Å². The Morgan fingerprint density at radius 2 is 1.84 bits per heavy atom. The number of H-pyrrole nitrogens is 1. The van der Waals surface area contributed by atoms with E-state index in [2.05, 4.69) is 23.1 Å². The molecular weight excluding hydrogens is 453 g/mol. The number of nitrogens with zero attached hydrogens (tertiary/aromatic N) is 3. The minimum atomic E-state index is -0.770. The highest BCUT2D eigenvalue weighted by Gasteiger charge is 2.25. The van der Waals surface area contributed by atoms with Gasteiger partial charge >= 0.3 is 5.69 Å². The highest BCUT2D eigenvalue weighted by atomic mass is 35.5. The number of aromatic nitrogens is 4. The first-order chi connectivity index (χ1) is 15.3. The van der Waals surface area contributed by atoms with Crippen molar-refractivity contribution in [2.45, 2.75) is 25.7 Å². The van der Waals surface area contributed by atoms with Crippen LogP contribution in [-0.2, 0) is 0 Å². The number of aromatic amines is 1. The highest BCUT2D eigenvalue weighted by Crippen LogP contribution is 2.41. The number of hydrogen-bond donors (Lipinski definition) is 2. The predicted molar refractivity (Wildman–Crippen MR) is 123 cm³/mol. The number of nitrogens with two attached hydrogens (primary N) is 1. The highest BCUT2D eigenvalue weighted by molar-refractivity contribution is 6.37. The third kappa shape index (κ3) is 3.72. The zero-order valence-electron chi connectivity index (χ0n) is 16.9. The van der Waals surface area contributed by atoms with E-state index >= 15 is 0 Å². The molecule has 0 aliphatic heterocycles. The van der Waals surface area contributed by atoms with Gasteiger partial charge in [-0.15, -0.1) is 5.10 Å². The van der Waals surface area contributed by atoms with Gasteiger partial charge in [0.25, 0.3) is 5.56 Å². The quantitative estimate of drug-likeness (QED) is 0.459. The van der Waals surface area contributed by atoms with E-state index in [4.69, 9.17) is 38.7 Å². The molecule has 0 atom stereocenters. The van der Waals surface area contributed by atoms with Gasteiger partial charge in [0.15, 0.2) is 5.75 Å². The van der Waals surface area contributed by atoms with Gasteiger partial charge in [-0.1, -0.05) is 23.2 Å². The van der Waals surface area contributed by atoms with Gasteiger partial charge in [-0.25, -0.2) is 4.79 Å². The van der Waals surface area contributed by atoms with E-state index in [1.807, 2.05) is 12.1 Å². The Morgan fingerprint density at radius 1 is 1.12 bits per heavy atom. The number of nitrogen functional groups attached to an aromatic ring is 1. The average molecular weight is 470 g/mol. The molecule has 1 aliphatic rings. The molecule has 0 bridgehead atoms. The number of rotatable bonds is 4. The fraction of sp³-hybridized carbons (Fsp3) is 0.182. The van der Waals surface area contributed by atoms with Crippen LogP contribution >= 0.6 is 23.2 Å². The minimum absolute atomic E-state index is 0.157. The lowest BCUT2D eigenvalue weighted by Gasteiger charge is -2.13. The molecule has 0 radical (unpaired) electrons. The Labute approximate surface area is 191 Å². The molecule has 0 unspecified atom stereocenters. The van der Waals surface area contributed by atoms with Crippen LogP contribution in [0.15, 0.2) is 46.0 Å². The average Bonchev–Trinajstić information content (AvgIpc) is 3.59.